The number of carbonyl (C=O) groups is 1. The Labute approximate surface area is 119 Å². The lowest BCUT2D eigenvalue weighted by Gasteiger charge is -2.09. The Morgan fingerprint density at radius 1 is 1.47 bits per heavy atom. The number of hydrogen-bond acceptors (Lipinski definition) is 3. The quantitative estimate of drug-likeness (QED) is 0.720. The molecule has 1 unspecified atom stereocenters. The van der Waals surface area contributed by atoms with Crippen LogP contribution < -0.4 is 5.32 Å². The van der Waals surface area contributed by atoms with E-state index in [1.54, 1.807) is 11.8 Å². The van der Waals surface area contributed by atoms with Gasteiger partial charge in [-0.15, -0.1) is 0 Å². The Bertz CT molecular complexity index is 395. The highest BCUT2D eigenvalue weighted by Crippen LogP contribution is 2.11. The third kappa shape index (κ3) is 6.12. The van der Waals surface area contributed by atoms with Crippen molar-refractivity contribution in [2.75, 3.05) is 19.4 Å². The van der Waals surface area contributed by atoms with Crippen LogP contribution in [0.2, 0.25) is 0 Å². The minimum atomic E-state index is -0.0143. The topological polar surface area (TPSA) is 49.3 Å². The van der Waals surface area contributed by atoms with Gasteiger partial charge in [0, 0.05) is 24.5 Å². The second-order valence-electron chi connectivity index (χ2n) is 4.82. The summed E-state index contributed by atoms with van der Waals surface area (Å²) in [4.78, 5) is 11.9. The van der Waals surface area contributed by atoms with Crippen molar-refractivity contribution in [3.8, 4) is 0 Å². The van der Waals surface area contributed by atoms with Crippen LogP contribution in [0.4, 0.5) is 0 Å². The molecule has 0 heterocycles. The molecule has 3 nitrogen and oxygen atoms in total. The lowest BCUT2D eigenvalue weighted by molar-refractivity contribution is 0.0952. The van der Waals surface area contributed by atoms with Gasteiger partial charge in [-0.3, -0.25) is 4.79 Å². The zero-order valence-electron chi connectivity index (χ0n) is 11.7. The Kier molecular flexibility index (Phi) is 7.60. The minimum Gasteiger partial charge on any atom is -0.396 e. The predicted octanol–water partition coefficient (Wildman–Crippen LogP) is 2.69. The summed E-state index contributed by atoms with van der Waals surface area (Å²) in [6, 6.07) is 7.75. The third-order valence-corrected chi connectivity index (χ3v) is 3.59. The molecule has 0 aliphatic carbocycles. The number of hydrogen-bond donors (Lipinski definition) is 2. The summed E-state index contributed by atoms with van der Waals surface area (Å²) in [5.74, 6) is 1.22. The number of aliphatic hydroxyl groups is 1. The Hall–Kier alpha value is -1.00. The van der Waals surface area contributed by atoms with Crippen molar-refractivity contribution in [3.63, 3.8) is 0 Å². The SMILES string of the molecule is CSCc1cccc(C(=O)NCCCC(C)CO)c1. The first-order valence-electron chi connectivity index (χ1n) is 6.64. The molecule has 0 radical (unpaired) electrons. The number of aliphatic hydroxyl groups excluding tert-OH is 1. The van der Waals surface area contributed by atoms with Crippen molar-refractivity contribution in [1.29, 1.82) is 0 Å². The van der Waals surface area contributed by atoms with Crippen LogP contribution in [0.5, 0.6) is 0 Å². The maximum atomic E-state index is 11.9. The smallest absolute Gasteiger partial charge is 0.251 e. The average molecular weight is 281 g/mol. The Balaban J connectivity index is 2.38. The highest BCUT2D eigenvalue weighted by atomic mass is 32.2. The van der Waals surface area contributed by atoms with Gasteiger partial charge in [0.25, 0.3) is 5.91 Å². The van der Waals surface area contributed by atoms with Crippen LogP contribution in [0, 0.1) is 5.92 Å². The molecule has 0 aliphatic rings. The molecule has 1 aromatic carbocycles. The molecular formula is C15H23NO2S. The van der Waals surface area contributed by atoms with Crippen LogP contribution in [-0.2, 0) is 5.75 Å². The van der Waals surface area contributed by atoms with Gasteiger partial charge in [-0.05, 0) is 42.7 Å². The molecule has 2 N–H and O–H groups in total. The molecule has 0 aliphatic heterocycles. The van der Waals surface area contributed by atoms with Gasteiger partial charge in [0.15, 0.2) is 0 Å². The van der Waals surface area contributed by atoms with Gasteiger partial charge in [0.2, 0.25) is 0 Å². The van der Waals surface area contributed by atoms with Crippen molar-refractivity contribution < 1.29 is 9.90 Å². The minimum absolute atomic E-state index is 0.0143. The predicted molar refractivity (Wildman–Crippen MR) is 81.5 cm³/mol. The van der Waals surface area contributed by atoms with Crippen LogP contribution in [-0.4, -0.2) is 30.4 Å². The van der Waals surface area contributed by atoms with Gasteiger partial charge < -0.3 is 10.4 Å². The lowest BCUT2D eigenvalue weighted by Crippen LogP contribution is -2.25. The van der Waals surface area contributed by atoms with E-state index in [1.807, 2.05) is 31.2 Å². The van der Waals surface area contributed by atoms with E-state index in [4.69, 9.17) is 5.11 Å². The van der Waals surface area contributed by atoms with Crippen LogP contribution in [0.15, 0.2) is 24.3 Å². The number of amides is 1. The highest BCUT2D eigenvalue weighted by molar-refractivity contribution is 7.97. The van der Waals surface area contributed by atoms with Crippen molar-refractivity contribution in [3.05, 3.63) is 35.4 Å². The summed E-state index contributed by atoms with van der Waals surface area (Å²) in [6.45, 7) is 2.88. The van der Waals surface area contributed by atoms with E-state index in [1.165, 1.54) is 5.56 Å². The van der Waals surface area contributed by atoms with E-state index in [2.05, 4.69) is 11.6 Å². The van der Waals surface area contributed by atoms with E-state index in [-0.39, 0.29) is 12.5 Å². The molecular weight excluding hydrogens is 258 g/mol. The summed E-state index contributed by atoms with van der Waals surface area (Å²) < 4.78 is 0. The number of thioether (sulfide) groups is 1. The fraction of sp³-hybridized carbons (Fsp3) is 0.533. The van der Waals surface area contributed by atoms with Crippen molar-refractivity contribution >= 4 is 17.7 Å². The van der Waals surface area contributed by atoms with Gasteiger partial charge >= 0.3 is 0 Å². The molecule has 0 spiro atoms. The molecule has 1 atom stereocenters. The van der Waals surface area contributed by atoms with Crippen LogP contribution in [0.1, 0.15) is 35.7 Å². The van der Waals surface area contributed by atoms with Crippen molar-refractivity contribution in [2.45, 2.75) is 25.5 Å². The summed E-state index contributed by atoms with van der Waals surface area (Å²) in [5, 5.41) is 11.8. The molecule has 0 fully saturated rings. The number of rotatable bonds is 8. The van der Waals surface area contributed by atoms with Crippen molar-refractivity contribution in [2.24, 2.45) is 5.92 Å². The Morgan fingerprint density at radius 2 is 2.26 bits per heavy atom. The molecule has 0 aromatic heterocycles. The van der Waals surface area contributed by atoms with Gasteiger partial charge in [-0.1, -0.05) is 19.1 Å². The highest BCUT2D eigenvalue weighted by Gasteiger charge is 2.06. The number of carbonyl (C=O) groups excluding carboxylic acids is 1. The fourth-order valence-electron chi connectivity index (χ4n) is 1.81. The Morgan fingerprint density at radius 3 is 2.95 bits per heavy atom. The molecule has 0 bridgehead atoms. The summed E-state index contributed by atoms with van der Waals surface area (Å²) in [7, 11) is 0. The number of benzene rings is 1. The maximum absolute atomic E-state index is 11.9. The monoisotopic (exact) mass is 281 g/mol. The zero-order chi connectivity index (χ0) is 14.1. The molecule has 1 amide bonds. The van der Waals surface area contributed by atoms with Crippen molar-refractivity contribution in [1.82, 2.24) is 5.32 Å². The molecule has 1 aromatic rings. The first-order chi connectivity index (χ1) is 9.17. The standard InChI is InChI=1S/C15H23NO2S/c1-12(10-17)5-4-8-16-15(18)14-7-3-6-13(9-14)11-19-2/h3,6-7,9,12,17H,4-5,8,10-11H2,1-2H3,(H,16,18). The molecule has 19 heavy (non-hydrogen) atoms. The van der Waals surface area contributed by atoms with Crippen LogP contribution in [0.25, 0.3) is 0 Å². The average Bonchev–Trinajstić information content (AvgIpc) is 2.43. The maximum Gasteiger partial charge on any atom is 0.251 e. The molecule has 4 heteroatoms. The normalized spacial score (nSPS) is 12.2. The van der Waals surface area contributed by atoms with Crippen LogP contribution in [0.3, 0.4) is 0 Å². The van der Waals surface area contributed by atoms with Crippen LogP contribution >= 0.6 is 11.8 Å². The lowest BCUT2D eigenvalue weighted by atomic mass is 10.1. The first-order valence-corrected chi connectivity index (χ1v) is 8.03. The summed E-state index contributed by atoms with van der Waals surface area (Å²) in [6.07, 6.45) is 3.89. The zero-order valence-corrected chi connectivity index (χ0v) is 12.5. The molecule has 1 rings (SSSR count). The fourth-order valence-corrected chi connectivity index (χ4v) is 2.33. The molecule has 0 saturated heterocycles. The molecule has 106 valence electrons. The van der Waals surface area contributed by atoms with E-state index in [0.29, 0.717) is 12.5 Å². The van der Waals surface area contributed by atoms with E-state index in [9.17, 15) is 4.79 Å². The summed E-state index contributed by atoms with van der Waals surface area (Å²) in [5.41, 5.74) is 1.90. The van der Waals surface area contributed by atoms with E-state index in [0.717, 1.165) is 24.2 Å². The van der Waals surface area contributed by atoms with Gasteiger partial charge in [-0.25, -0.2) is 0 Å². The van der Waals surface area contributed by atoms with E-state index >= 15 is 0 Å². The van der Waals surface area contributed by atoms with Gasteiger partial charge in [-0.2, -0.15) is 11.8 Å². The van der Waals surface area contributed by atoms with Gasteiger partial charge in [0.05, 0.1) is 0 Å². The number of nitrogens with one attached hydrogen (secondary N) is 1. The molecule has 0 saturated carbocycles. The summed E-state index contributed by atoms with van der Waals surface area (Å²) >= 11 is 1.75. The second-order valence-corrected chi connectivity index (χ2v) is 5.69. The largest absolute Gasteiger partial charge is 0.396 e. The first kappa shape index (κ1) is 16.1. The second kappa shape index (κ2) is 8.99. The third-order valence-electron chi connectivity index (χ3n) is 2.97. The van der Waals surface area contributed by atoms with Gasteiger partial charge in [0.1, 0.15) is 0 Å². The van der Waals surface area contributed by atoms with E-state index < -0.39 is 0 Å².